The van der Waals surface area contributed by atoms with Gasteiger partial charge in [-0.2, -0.15) is 0 Å². The summed E-state index contributed by atoms with van der Waals surface area (Å²) >= 11 is 0. The van der Waals surface area contributed by atoms with Crippen LogP contribution in [0.25, 0.3) is 11.1 Å². The molecule has 0 bridgehead atoms. The van der Waals surface area contributed by atoms with Gasteiger partial charge in [0.15, 0.2) is 0 Å². The zero-order chi connectivity index (χ0) is 21.4. The van der Waals surface area contributed by atoms with Crippen LogP contribution < -0.4 is 9.47 Å². The van der Waals surface area contributed by atoms with Gasteiger partial charge in [-0.1, -0.05) is 31.2 Å². The average Bonchev–Trinajstić information content (AvgIpc) is 2.80. The summed E-state index contributed by atoms with van der Waals surface area (Å²) in [6, 6.07) is 17.6. The predicted octanol–water partition coefficient (Wildman–Crippen LogP) is 5.95. The van der Waals surface area contributed by atoms with Gasteiger partial charge >= 0.3 is 0 Å². The van der Waals surface area contributed by atoms with E-state index in [2.05, 4.69) is 36.1 Å². The van der Waals surface area contributed by atoms with Crippen LogP contribution in [0.3, 0.4) is 0 Å². The van der Waals surface area contributed by atoms with Gasteiger partial charge in [-0.25, -0.2) is 4.39 Å². The van der Waals surface area contributed by atoms with Crippen molar-refractivity contribution < 1.29 is 13.9 Å². The number of halogens is 1. The van der Waals surface area contributed by atoms with Gasteiger partial charge in [0.2, 0.25) is 0 Å². The number of ether oxygens (including phenoxy) is 2. The van der Waals surface area contributed by atoms with Crippen molar-refractivity contribution >= 4 is 0 Å². The average molecular weight is 418 g/mol. The Hall–Kier alpha value is -2.85. The molecule has 5 rings (SSSR count). The van der Waals surface area contributed by atoms with Crippen LogP contribution in [0.15, 0.2) is 54.6 Å². The highest BCUT2D eigenvalue weighted by atomic mass is 19.1. The summed E-state index contributed by atoms with van der Waals surface area (Å²) < 4.78 is 25.2. The molecule has 0 saturated heterocycles. The highest BCUT2D eigenvalue weighted by Crippen LogP contribution is 2.49. The largest absolute Gasteiger partial charge is 0.497 e. The smallest absolute Gasteiger partial charge is 0.127 e. The maximum atomic E-state index is 13.3. The van der Waals surface area contributed by atoms with Gasteiger partial charge in [-0.3, -0.25) is 4.90 Å². The summed E-state index contributed by atoms with van der Waals surface area (Å²) in [5, 5.41) is 0. The van der Waals surface area contributed by atoms with Crippen molar-refractivity contribution in [2.45, 2.75) is 38.8 Å². The molecular weight excluding hydrogens is 389 g/mol. The fraction of sp³-hybridized carbons (Fsp3) is 0.333. The first-order chi connectivity index (χ1) is 15.2. The number of rotatable bonds is 6. The number of hydrogen-bond donors (Lipinski definition) is 0. The Kier molecular flexibility index (Phi) is 5.41. The van der Waals surface area contributed by atoms with Crippen molar-refractivity contribution in [1.29, 1.82) is 0 Å². The zero-order valence-corrected chi connectivity index (χ0v) is 18.2. The van der Waals surface area contributed by atoms with E-state index in [1.165, 1.54) is 39.9 Å². The summed E-state index contributed by atoms with van der Waals surface area (Å²) in [5.74, 6) is 1.55. The lowest BCUT2D eigenvalue weighted by Crippen LogP contribution is -2.38. The number of benzene rings is 3. The van der Waals surface area contributed by atoms with Gasteiger partial charge in [0.1, 0.15) is 23.9 Å². The van der Waals surface area contributed by atoms with Crippen LogP contribution in [0.2, 0.25) is 0 Å². The van der Waals surface area contributed by atoms with E-state index in [1.54, 1.807) is 19.2 Å². The molecule has 0 fully saturated rings. The van der Waals surface area contributed by atoms with Crippen molar-refractivity contribution in [3.05, 3.63) is 82.7 Å². The molecule has 4 heteroatoms. The zero-order valence-electron chi connectivity index (χ0n) is 18.2. The van der Waals surface area contributed by atoms with Gasteiger partial charge in [0.25, 0.3) is 0 Å². The molecule has 1 aliphatic heterocycles. The Labute approximate surface area is 183 Å². The Morgan fingerprint density at radius 1 is 1.06 bits per heavy atom. The van der Waals surface area contributed by atoms with E-state index in [1.807, 2.05) is 6.07 Å². The SMILES string of the molecule is CCCN1CCc2cc(OC)cc3c2[C@H]1Cc1cccc(OCc2ccc(F)cc2)c1-3. The molecule has 160 valence electrons. The Morgan fingerprint density at radius 3 is 2.68 bits per heavy atom. The Balaban J connectivity index is 1.57. The van der Waals surface area contributed by atoms with Crippen LogP contribution in [-0.4, -0.2) is 25.1 Å². The van der Waals surface area contributed by atoms with Crippen LogP contribution in [0.4, 0.5) is 4.39 Å². The van der Waals surface area contributed by atoms with E-state index < -0.39 is 0 Å². The third-order valence-electron chi connectivity index (χ3n) is 6.53. The third kappa shape index (κ3) is 3.70. The summed E-state index contributed by atoms with van der Waals surface area (Å²) in [5.41, 5.74) is 7.51. The summed E-state index contributed by atoms with van der Waals surface area (Å²) in [6.45, 7) is 4.87. The maximum absolute atomic E-state index is 13.3. The molecule has 3 aromatic carbocycles. The molecule has 2 aliphatic rings. The normalized spacial score (nSPS) is 17.1. The second kappa shape index (κ2) is 8.35. The summed E-state index contributed by atoms with van der Waals surface area (Å²) in [6.07, 6.45) is 3.20. The highest BCUT2D eigenvalue weighted by Gasteiger charge is 2.35. The Bertz CT molecular complexity index is 1090. The van der Waals surface area contributed by atoms with Gasteiger partial charge in [0, 0.05) is 18.2 Å². The van der Waals surface area contributed by atoms with Crippen LogP contribution in [0.5, 0.6) is 11.5 Å². The molecule has 3 aromatic rings. The lowest BCUT2D eigenvalue weighted by molar-refractivity contribution is 0.182. The number of methoxy groups -OCH3 is 1. The molecule has 0 N–H and O–H groups in total. The van der Waals surface area contributed by atoms with E-state index in [0.29, 0.717) is 12.6 Å². The third-order valence-corrected chi connectivity index (χ3v) is 6.53. The number of fused-ring (bicyclic) bond motifs is 2. The standard InChI is InChI=1S/C27H28FNO2/c1-3-12-29-13-11-20-14-22(30-2)16-23-26(20)24(29)15-19-5-4-6-25(27(19)23)31-17-18-7-9-21(28)10-8-18/h4-10,14,16,24H,3,11-13,15,17H2,1-2H3/t24-/m1/s1. The second-order valence-corrected chi connectivity index (χ2v) is 8.46. The minimum atomic E-state index is -0.230. The van der Waals surface area contributed by atoms with Crippen LogP contribution in [0, 0.1) is 5.82 Å². The molecule has 0 radical (unpaired) electrons. The van der Waals surface area contributed by atoms with E-state index in [4.69, 9.17) is 9.47 Å². The number of hydrogen-bond acceptors (Lipinski definition) is 3. The minimum Gasteiger partial charge on any atom is -0.497 e. The first-order valence-electron chi connectivity index (χ1n) is 11.1. The molecule has 3 nitrogen and oxygen atoms in total. The molecule has 1 heterocycles. The first-order valence-corrected chi connectivity index (χ1v) is 11.1. The van der Waals surface area contributed by atoms with Gasteiger partial charge in [0.05, 0.1) is 7.11 Å². The molecular formula is C27H28FNO2. The van der Waals surface area contributed by atoms with Gasteiger partial charge in [-0.15, -0.1) is 0 Å². The van der Waals surface area contributed by atoms with Gasteiger partial charge < -0.3 is 9.47 Å². The molecule has 0 unspecified atom stereocenters. The predicted molar refractivity (Wildman–Crippen MR) is 121 cm³/mol. The van der Waals surface area contributed by atoms with Crippen molar-refractivity contribution in [3.8, 4) is 22.6 Å². The number of nitrogens with zero attached hydrogens (tertiary/aromatic N) is 1. The quantitative estimate of drug-likeness (QED) is 0.495. The summed E-state index contributed by atoms with van der Waals surface area (Å²) in [7, 11) is 1.73. The molecule has 31 heavy (non-hydrogen) atoms. The van der Waals surface area contributed by atoms with E-state index in [0.717, 1.165) is 49.4 Å². The van der Waals surface area contributed by atoms with Crippen molar-refractivity contribution in [2.75, 3.05) is 20.2 Å². The lowest BCUT2D eigenvalue weighted by Gasteiger charge is -2.42. The molecule has 0 spiro atoms. The summed E-state index contributed by atoms with van der Waals surface area (Å²) in [4.78, 5) is 2.63. The molecule has 0 saturated carbocycles. The molecule has 0 amide bonds. The monoisotopic (exact) mass is 417 g/mol. The minimum absolute atomic E-state index is 0.230. The molecule has 0 aromatic heterocycles. The molecule has 1 atom stereocenters. The van der Waals surface area contributed by atoms with Gasteiger partial charge in [-0.05, 0) is 84.0 Å². The van der Waals surface area contributed by atoms with E-state index in [-0.39, 0.29) is 5.82 Å². The van der Waals surface area contributed by atoms with Crippen LogP contribution >= 0.6 is 0 Å². The Morgan fingerprint density at radius 2 is 1.90 bits per heavy atom. The first kappa shape index (κ1) is 20.1. The highest BCUT2D eigenvalue weighted by molar-refractivity contribution is 5.81. The van der Waals surface area contributed by atoms with Crippen LogP contribution in [0.1, 0.15) is 41.6 Å². The maximum Gasteiger partial charge on any atom is 0.127 e. The van der Waals surface area contributed by atoms with E-state index in [9.17, 15) is 4.39 Å². The topological polar surface area (TPSA) is 21.7 Å². The van der Waals surface area contributed by atoms with E-state index >= 15 is 0 Å². The second-order valence-electron chi connectivity index (χ2n) is 8.46. The van der Waals surface area contributed by atoms with Crippen molar-refractivity contribution in [1.82, 2.24) is 4.90 Å². The lowest BCUT2D eigenvalue weighted by atomic mass is 9.76. The van der Waals surface area contributed by atoms with Crippen molar-refractivity contribution in [2.24, 2.45) is 0 Å². The van der Waals surface area contributed by atoms with Crippen LogP contribution in [-0.2, 0) is 19.4 Å². The molecule has 1 aliphatic carbocycles. The fourth-order valence-electron chi connectivity index (χ4n) is 5.12. The fourth-order valence-corrected chi connectivity index (χ4v) is 5.12. The van der Waals surface area contributed by atoms with Crippen molar-refractivity contribution in [3.63, 3.8) is 0 Å².